The summed E-state index contributed by atoms with van der Waals surface area (Å²) in [6.45, 7) is 7.66. The zero-order chi connectivity index (χ0) is 11.3. The lowest BCUT2D eigenvalue weighted by Crippen LogP contribution is -2.31. The molecule has 0 aliphatic heterocycles. The fourth-order valence-corrected chi connectivity index (χ4v) is 1.56. The van der Waals surface area contributed by atoms with Crippen molar-refractivity contribution in [2.75, 3.05) is 0 Å². The molecule has 0 aliphatic rings. The molecule has 1 rings (SSSR count). The first-order valence-corrected chi connectivity index (χ1v) is 5.99. The SMILES string of the molecule is CC[C@@H](C)[C@H](C)NCc1ccc(Cl)cc1. The maximum atomic E-state index is 5.83. The Morgan fingerprint density at radius 2 is 1.80 bits per heavy atom. The maximum Gasteiger partial charge on any atom is 0.0406 e. The second-order valence-corrected chi connectivity index (χ2v) is 4.62. The molecule has 1 N–H and O–H groups in total. The third-order valence-electron chi connectivity index (χ3n) is 3.04. The summed E-state index contributed by atoms with van der Waals surface area (Å²) in [7, 11) is 0. The van der Waals surface area contributed by atoms with E-state index in [0.717, 1.165) is 17.5 Å². The average Bonchev–Trinajstić information content (AvgIpc) is 2.26. The minimum atomic E-state index is 0.561. The molecule has 0 saturated carbocycles. The van der Waals surface area contributed by atoms with E-state index < -0.39 is 0 Å². The van der Waals surface area contributed by atoms with Gasteiger partial charge in [0.2, 0.25) is 0 Å². The summed E-state index contributed by atoms with van der Waals surface area (Å²) in [6, 6.07) is 8.57. The predicted octanol–water partition coefficient (Wildman–Crippen LogP) is 3.86. The standard InChI is InChI=1S/C13H20ClN/c1-4-10(2)11(3)15-9-12-5-7-13(14)8-6-12/h5-8,10-11,15H,4,9H2,1-3H3/t10-,11+/m1/s1. The number of benzene rings is 1. The van der Waals surface area contributed by atoms with Gasteiger partial charge < -0.3 is 5.32 Å². The van der Waals surface area contributed by atoms with E-state index >= 15 is 0 Å². The Hall–Kier alpha value is -0.530. The molecule has 0 heterocycles. The third-order valence-corrected chi connectivity index (χ3v) is 3.29. The summed E-state index contributed by atoms with van der Waals surface area (Å²) in [5.74, 6) is 0.720. The Morgan fingerprint density at radius 1 is 1.20 bits per heavy atom. The minimum absolute atomic E-state index is 0.561. The molecule has 1 aromatic carbocycles. The van der Waals surface area contributed by atoms with E-state index in [1.54, 1.807) is 0 Å². The Morgan fingerprint density at radius 3 is 2.33 bits per heavy atom. The number of halogens is 1. The Bertz CT molecular complexity index is 281. The molecule has 0 aliphatic carbocycles. The van der Waals surface area contributed by atoms with Gasteiger partial charge in [-0.2, -0.15) is 0 Å². The van der Waals surface area contributed by atoms with Gasteiger partial charge in [-0.15, -0.1) is 0 Å². The Kier molecular flexibility index (Phi) is 5.13. The van der Waals surface area contributed by atoms with Crippen LogP contribution >= 0.6 is 11.6 Å². The summed E-state index contributed by atoms with van der Waals surface area (Å²) in [4.78, 5) is 0. The highest BCUT2D eigenvalue weighted by atomic mass is 35.5. The van der Waals surface area contributed by atoms with E-state index in [1.807, 2.05) is 12.1 Å². The van der Waals surface area contributed by atoms with Crippen molar-refractivity contribution in [1.29, 1.82) is 0 Å². The molecule has 0 unspecified atom stereocenters. The van der Waals surface area contributed by atoms with Crippen LogP contribution in [-0.4, -0.2) is 6.04 Å². The zero-order valence-corrected chi connectivity index (χ0v) is 10.5. The zero-order valence-electron chi connectivity index (χ0n) is 9.76. The van der Waals surface area contributed by atoms with Crippen molar-refractivity contribution in [3.63, 3.8) is 0 Å². The summed E-state index contributed by atoms with van der Waals surface area (Å²) < 4.78 is 0. The van der Waals surface area contributed by atoms with Crippen LogP contribution in [0.15, 0.2) is 24.3 Å². The highest BCUT2D eigenvalue weighted by Crippen LogP contribution is 2.11. The quantitative estimate of drug-likeness (QED) is 0.803. The van der Waals surface area contributed by atoms with E-state index in [9.17, 15) is 0 Å². The topological polar surface area (TPSA) is 12.0 Å². The van der Waals surface area contributed by atoms with Crippen LogP contribution in [0.2, 0.25) is 5.02 Å². The second-order valence-electron chi connectivity index (χ2n) is 4.18. The monoisotopic (exact) mass is 225 g/mol. The van der Waals surface area contributed by atoms with Gasteiger partial charge in [0.25, 0.3) is 0 Å². The van der Waals surface area contributed by atoms with Crippen molar-refractivity contribution in [3.8, 4) is 0 Å². The molecule has 0 saturated heterocycles. The molecule has 2 heteroatoms. The number of hydrogen-bond donors (Lipinski definition) is 1. The molecular weight excluding hydrogens is 206 g/mol. The van der Waals surface area contributed by atoms with E-state index in [4.69, 9.17) is 11.6 Å². The van der Waals surface area contributed by atoms with Crippen LogP contribution in [0.5, 0.6) is 0 Å². The summed E-state index contributed by atoms with van der Waals surface area (Å²) in [5.41, 5.74) is 1.29. The fourth-order valence-electron chi connectivity index (χ4n) is 1.44. The smallest absolute Gasteiger partial charge is 0.0406 e. The number of hydrogen-bond acceptors (Lipinski definition) is 1. The van der Waals surface area contributed by atoms with E-state index in [0.29, 0.717) is 6.04 Å². The Balaban J connectivity index is 2.40. The van der Waals surface area contributed by atoms with Gasteiger partial charge in [-0.1, -0.05) is 44.0 Å². The molecule has 1 aromatic rings. The van der Waals surface area contributed by atoms with E-state index in [-0.39, 0.29) is 0 Å². The highest BCUT2D eigenvalue weighted by molar-refractivity contribution is 6.30. The van der Waals surface area contributed by atoms with Crippen molar-refractivity contribution >= 4 is 11.6 Å². The van der Waals surface area contributed by atoms with Gasteiger partial charge in [-0.3, -0.25) is 0 Å². The van der Waals surface area contributed by atoms with Crippen LogP contribution in [0.3, 0.4) is 0 Å². The molecular formula is C13H20ClN. The van der Waals surface area contributed by atoms with Crippen LogP contribution in [0.25, 0.3) is 0 Å². The van der Waals surface area contributed by atoms with Gasteiger partial charge in [0.15, 0.2) is 0 Å². The van der Waals surface area contributed by atoms with Crippen molar-refractivity contribution in [2.24, 2.45) is 5.92 Å². The van der Waals surface area contributed by atoms with Gasteiger partial charge in [0.05, 0.1) is 0 Å². The lowest BCUT2D eigenvalue weighted by Gasteiger charge is -2.19. The molecule has 0 spiro atoms. The van der Waals surface area contributed by atoms with Crippen molar-refractivity contribution in [3.05, 3.63) is 34.9 Å². The predicted molar refractivity (Wildman–Crippen MR) is 67.2 cm³/mol. The summed E-state index contributed by atoms with van der Waals surface area (Å²) in [5, 5.41) is 4.33. The molecule has 2 atom stereocenters. The number of nitrogens with one attached hydrogen (secondary N) is 1. The van der Waals surface area contributed by atoms with Gasteiger partial charge in [0, 0.05) is 17.6 Å². The molecule has 1 nitrogen and oxygen atoms in total. The highest BCUT2D eigenvalue weighted by Gasteiger charge is 2.08. The van der Waals surface area contributed by atoms with E-state index in [1.165, 1.54) is 12.0 Å². The molecule has 0 amide bonds. The summed E-state index contributed by atoms with van der Waals surface area (Å²) in [6.07, 6.45) is 1.22. The molecule has 15 heavy (non-hydrogen) atoms. The second kappa shape index (κ2) is 6.14. The summed E-state index contributed by atoms with van der Waals surface area (Å²) >= 11 is 5.83. The van der Waals surface area contributed by atoms with Crippen molar-refractivity contribution in [2.45, 2.75) is 39.8 Å². The first-order chi connectivity index (χ1) is 7.13. The first-order valence-electron chi connectivity index (χ1n) is 5.61. The van der Waals surface area contributed by atoms with Crippen molar-refractivity contribution < 1.29 is 0 Å². The maximum absolute atomic E-state index is 5.83. The number of rotatable bonds is 5. The van der Waals surface area contributed by atoms with Crippen LogP contribution in [0, 0.1) is 5.92 Å². The van der Waals surface area contributed by atoms with Gasteiger partial charge in [0.1, 0.15) is 0 Å². The van der Waals surface area contributed by atoms with Crippen molar-refractivity contribution in [1.82, 2.24) is 5.32 Å². The largest absolute Gasteiger partial charge is 0.310 e. The molecule has 0 fully saturated rings. The lowest BCUT2D eigenvalue weighted by atomic mass is 10.0. The normalized spacial score (nSPS) is 14.9. The van der Waals surface area contributed by atoms with Gasteiger partial charge in [-0.05, 0) is 30.5 Å². The lowest BCUT2D eigenvalue weighted by molar-refractivity contribution is 0.389. The van der Waals surface area contributed by atoms with Gasteiger partial charge in [-0.25, -0.2) is 0 Å². The van der Waals surface area contributed by atoms with Crippen LogP contribution in [-0.2, 0) is 6.54 Å². The fraction of sp³-hybridized carbons (Fsp3) is 0.538. The minimum Gasteiger partial charge on any atom is -0.310 e. The van der Waals surface area contributed by atoms with Gasteiger partial charge >= 0.3 is 0 Å². The molecule has 0 bridgehead atoms. The third kappa shape index (κ3) is 4.23. The molecule has 84 valence electrons. The Labute approximate surface area is 97.8 Å². The van der Waals surface area contributed by atoms with Crippen LogP contribution < -0.4 is 5.32 Å². The average molecular weight is 226 g/mol. The molecule has 0 radical (unpaired) electrons. The van der Waals surface area contributed by atoms with Crippen LogP contribution in [0.4, 0.5) is 0 Å². The van der Waals surface area contributed by atoms with Crippen LogP contribution in [0.1, 0.15) is 32.8 Å². The van der Waals surface area contributed by atoms with E-state index in [2.05, 4.69) is 38.2 Å². The molecule has 0 aromatic heterocycles. The first kappa shape index (κ1) is 12.5.